The molecule has 0 aliphatic heterocycles. The predicted octanol–water partition coefficient (Wildman–Crippen LogP) is 5.52. The number of allylic oxidation sites excluding steroid dienone is 3. The highest BCUT2D eigenvalue weighted by atomic mass is 79.9. The van der Waals surface area contributed by atoms with Gasteiger partial charge in [-0.3, -0.25) is 0 Å². The van der Waals surface area contributed by atoms with Gasteiger partial charge >= 0.3 is 0 Å². The van der Waals surface area contributed by atoms with Crippen LogP contribution in [0.1, 0.15) is 33.6 Å². The van der Waals surface area contributed by atoms with Gasteiger partial charge in [-0.2, -0.15) is 0 Å². The van der Waals surface area contributed by atoms with E-state index in [9.17, 15) is 0 Å². The van der Waals surface area contributed by atoms with Crippen molar-refractivity contribution in [3.63, 3.8) is 0 Å². The highest BCUT2D eigenvalue weighted by molar-refractivity contribution is 9.10. The van der Waals surface area contributed by atoms with Crippen molar-refractivity contribution in [2.75, 3.05) is 6.61 Å². The molecule has 0 spiro atoms. The number of benzene rings is 1. The van der Waals surface area contributed by atoms with Crippen LogP contribution in [-0.4, -0.2) is 6.61 Å². The van der Waals surface area contributed by atoms with Crippen LogP contribution in [0.15, 0.2) is 52.0 Å². The zero-order chi connectivity index (χ0) is 13.4. The summed E-state index contributed by atoms with van der Waals surface area (Å²) in [5.41, 5.74) is 2.76. The van der Waals surface area contributed by atoms with Crippen molar-refractivity contribution in [3.8, 4) is 5.75 Å². The first-order valence-corrected chi connectivity index (χ1v) is 7.04. The number of ether oxygens (including phenoxy) is 1. The molecule has 2 heteroatoms. The standard InChI is InChI=1S/C16H21BrO/c1-13(2)5-4-6-14(3)11-12-18-16-9-7-15(17)8-10-16/h5,7-11H,4,6,12H2,1-3H3/b14-11+. The molecule has 1 aromatic carbocycles. The molecular formula is C16H21BrO. The van der Waals surface area contributed by atoms with Crippen molar-refractivity contribution in [1.29, 1.82) is 0 Å². The van der Waals surface area contributed by atoms with Gasteiger partial charge in [-0.05, 0) is 64.0 Å². The van der Waals surface area contributed by atoms with E-state index in [1.807, 2.05) is 24.3 Å². The number of halogens is 1. The smallest absolute Gasteiger partial charge is 0.119 e. The third kappa shape index (κ3) is 6.65. The molecule has 18 heavy (non-hydrogen) atoms. The average Bonchev–Trinajstić information content (AvgIpc) is 2.31. The molecule has 0 atom stereocenters. The van der Waals surface area contributed by atoms with Crippen LogP contribution in [0.5, 0.6) is 5.75 Å². The van der Waals surface area contributed by atoms with Gasteiger partial charge in [-0.15, -0.1) is 0 Å². The largest absolute Gasteiger partial charge is 0.490 e. The Morgan fingerprint density at radius 3 is 2.39 bits per heavy atom. The highest BCUT2D eigenvalue weighted by Crippen LogP contribution is 2.16. The Bertz CT molecular complexity index is 411. The fraction of sp³-hybridized carbons (Fsp3) is 0.375. The second kappa shape index (κ2) is 8.15. The van der Waals surface area contributed by atoms with Crippen LogP contribution >= 0.6 is 15.9 Å². The lowest BCUT2D eigenvalue weighted by molar-refractivity contribution is 0.361. The zero-order valence-corrected chi connectivity index (χ0v) is 13.0. The molecule has 0 radical (unpaired) electrons. The minimum Gasteiger partial charge on any atom is -0.490 e. The second-order valence-corrected chi connectivity index (χ2v) is 5.55. The Hall–Kier alpha value is -1.02. The van der Waals surface area contributed by atoms with E-state index in [0.717, 1.165) is 23.1 Å². The van der Waals surface area contributed by atoms with Gasteiger partial charge in [0.25, 0.3) is 0 Å². The maximum Gasteiger partial charge on any atom is 0.119 e. The second-order valence-electron chi connectivity index (χ2n) is 4.64. The molecule has 0 aromatic heterocycles. The van der Waals surface area contributed by atoms with E-state index in [0.29, 0.717) is 6.61 Å². The van der Waals surface area contributed by atoms with Crippen molar-refractivity contribution < 1.29 is 4.74 Å². The Morgan fingerprint density at radius 1 is 1.11 bits per heavy atom. The van der Waals surface area contributed by atoms with E-state index in [1.54, 1.807) is 0 Å². The molecule has 0 heterocycles. The summed E-state index contributed by atoms with van der Waals surface area (Å²) in [5.74, 6) is 0.909. The summed E-state index contributed by atoms with van der Waals surface area (Å²) in [6, 6.07) is 7.91. The minimum absolute atomic E-state index is 0.641. The third-order valence-corrected chi connectivity index (χ3v) is 3.12. The van der Waals surface area contributed by atoms with Gasteiger partial charge in [0.2, 0.25) is 0 Å². The third-order valence-electron chi connectivity index (χ3n) is 2.59. The fourth-order valence-corrected chi connectivity index (χ4v) is 1.77. The highest BCUT2D eigenvalue weighted by Gasteiger charge is 1.93. The normalized spacial score (nSPS) is 11.2. The molecule has 0 amide bonds. The lowest BCUT2D eigenvalue weighted by Crippen LogP contribution is -1.94. The van der Waals surface area contributed by atoms with Crippen LogP contribution < -0.4 is 4.74 Å². The van der Waals surface area contributed by atoms with E-state index >= 15 is 0 Å². The molecule has 0 saturated heterocycles. The summed E-state index contributed by atoms with van der Waals surface area (Å²) in [4.78, 5) is 0. The summed E-state index contributed by atoms with van der Waals surface area (Å²) >= 11 is 3.40. The van der Waals surface area contributed by atoms with Crippen molar-refractivity contribution in [3.05, 3.63) is 52.0 Å². The fourth-order valence-electron chi connectivity index (χ4n) is 1.50. The molecule has 0 bridgehead atoms. The molecule has 0 aliphatic rings. The van der Waals surface area contributed by atoms with E-state index in [1.165, 1.54) is 11.1 Å². The Morgan fingerprint density at radius 2 is 1.78 bits per heavy atom. The summed E-state index contributed by atoms with van der Waals surface area (Å²) in [5, 5.41) is 0. The van der Waals surface area contributed by atoms with Crippen LogP contribution in [0.3, 0.4) is 0 Å². The summed E-state index contributed by atoms with van der Waals surface area (Å²) < 4.78 is 6.72. The van der Waals surface area contributed by atoms with E-state index in [-0.39, 0.29) is 0 Å². The summed E-state index contributed by atoms with van der Waals surface area (Å²) in [7, 11) is 0. The lowest BCUT2D eigenvalue weighted by atomic mass is 10.1. The number of hydrogen-bond acceptors (Lipinski definition) is 1. The van der Waals surface area contributed by atoms with Gasteiger partial charge in [0.1, 0.15) is 12.4 Å². The Kier molecular flexibility index (Phi) is 6.81. The van der Waals surface area contributed by atoms with Gasteiger partial charge in [-0.1, -0.05) is 33.2 Å². The van der Waals surface area contributed by atoms with Crippen LogP contribution in [0, 0.1) is 0 Å². The van der Waals surface area contributed by atoms with Crippen molar-refractivity contribution >= 4 is 15.9 Å². The molecule has 0 saturated carbocycles. The van der Waals surface area contributed by atoms with Gasteiger partial charge in [0, 0.05) is 4.47 Å². The predicted molar refractivity (Wildman–Crippen MR) is 82.1 cm³/mol. The maximum absolute atomic E-state index is 5.65. The first-order valence-electron chi connectivity index (χ1n) is 6.25. The van der Waals surface area contributed by atoms with Crippen LogP contribution in [0.25, 0.3) is 0 Å². The van der Waals surface area contributed by atoms with Gasteiger partial charge in [0.15, 0.2) is 0 Å². The van der Waals surface area contributed by atoms with Crippen LogP contribution in [-0.2, 0) is 0 Å². The van der Waals surface area contributed by atoms with E-state index in [2.05, 4.69) is 48.9 Å². The van der Waals surface area contributed by atoms with Gasteiger partial charge in [0.05, 0.1) is 0 Å². The molecular weight excluding hydrogens is 288 g/mol. The number of rotatable bonds is 6. The molecule has 1 nitrogen and oxygen atoms in total. The average molecular weight is 309 g/mol. The zero-order valence-electron chi connectivity index (χ0n) is 11.4. The van der Waals surface area contributed by atoms with Crippen LogP contribution in [0.2, 0.25) is 0 Å². The Labute approximate surface area is 119 Å². The van der Waals surface area contributed by atoms with Crippen molar-refractivity contribution in [2.45, 2.75) is 33.6 Å². The lowest BCUT2D eigenvalue weighted by Gasteiger charge is -2.04. The molecule has 0 N–H and O–H groups in total. The Balaban J connectivity index is 2.31. The maximum atomic E-state index is 5.65. The molecule has 1 rings (SSSR count). The van der Waals surface area contributed by atoms with Crippen molar-refractivity contribution in [1.82, 2.24) is 0 Å². The SMILES string of the molecule is CC(C)=CCC/C(C)=C/COc1ccc(Br)cc1. The quantitative estimate of drug-likeness (QED) is 0.629. The minimum atomic E-state index is 0.641. The topological polar surface area (TPSA) is 9.23 Å². The molecule has 0 unspecified atom stereocenters. The molecule has 1 aromatic rings. The monoisotopic (exact) mass is 308 g/mol. The van der Waals surface area contributed by atoms with E-state index in [4.69, 9.17) is 4.74 Å². The summed E-state index contributed by atoms with van der Waals surface area (Å²) in [6.45, 7) is 7.07. The first-order chi connectivity index (χ1) is 8.58. The molecule has 0 fully saturated rings. The van der Waals surface area contributed by atoms with Gasteiger partial charge in [-0.25, -0.2) is 0 Å². The van der Waals surface area contributed by atoms with Gasteiger partial charge < -0.3 is 4.74 Å². The van der Waals surface area contributed by atoms with Crippen LogP contribution in [0.4, 0.5) is 0 Å². The number of hydrogen-bond donors (Lipinski definition) is 0. The molecule has 98 valence electrons. The van der Waals surface area contributed by atoms with E-state index < -0.39 is 0 Å². The van der Waals surface area contributed by atoms with Crippen molar-refractivity contribution in [2.24, 2.45) is 0 Å². The first kappa shape index (κ1) is 15.0. The molecule has 0 aliphatic carbocycles. The summed E-state index contributed by atoms with van der Waals surface area (Å²) in [6.07, 6.45) is 6.64.